The lowest BCUT2D eigenvalue weighted by Gasteiger charge is -2.18. The monoisotopic (exact) mass is 1600 g/mol. The molecule has 0 bridgehead atoms. The lowest BCUT2D eigenvalue weighted by molar-refractivity contribution is 0.455. The Balaban J connectivity index is 0.000000139. The highest BCUT2D eigenvalue weighted by Crippen LogP contribution is 2.34. The van der Waals surface area contributed by atoms with Crippen molar-refractivity contribution in [2.24, 2.45) is 12.0 Å². The first-order valence-corrected chi connectivity index (χ1v) is 41.6. The van der Waals surface area contributed by atoms with Crippen LogP contribution in [-0.4, -0.2) is 49.0 Å². The maximum atomic E-state index is 5.49. The average molecular weight is 1610 g/mol. The molecule has 0 aliphatic carbocycles. The molecule has 0 atom stereocenters. The second-order valence-electron chi connectivity index (χ2n) is 38.4. The van der Waals surface area contributed by atoms with Gasteiger partial charge in [0.05, 0.1) is 52.8 Å². The zero-order chi connectivity index (χ0) is 85.4. The number of aliphatic imine (C=N–C) groups is 1. The van der Waals surface area contributed by atoms with Crippen LogP contribution in [0.1, 0.15) is 239 Å². The average Bonchev–Trinajstić information content (AvgIpc) is 1.71. The predicted octanol–water partition coefficient (Wildman–Crippen LogP) is 28.2. The van der Waals surface area contributed by atoms with E-state index in [0.29, 0.717) is 0 Å². The summed E-state index contributed by atoms with van der Waals surface area (Å²) < 4.78 is 42.4. The van der Waals surface area contributed by atoms with E-state index in [2.05, 4.69) is 348 Å². The highest BCUT2D eigenvalue weighted by molar-refractivity contribution is 7.13. The molecule has 0 saturated carbocycles. The zero-order valence-electron chi connectivity index (χ0n) is 74.2. The van der Waals surface area contributed by atoms with E-state index in [-0.39, 0.29) is 43.3 Å². The van der Waals surface area contributed by atoms with Crippen LogP contribution < -0.4 is 0 Å². The van der Waals surface area contributed by atoms with Crippen LogP contribution >= 0.6 is 23.3 Å². The first-order valence-electron chi connectivity index (χ1n) is 40.1. The van der Waals surface area contributed by atoms with Gasteiger partial charge in [0.2, 0.25) is 0 Å². The number of oxazole rings is 3. The van der Waals surface area contributed by atoms with Gasteiger partial charge in [-0.2, -0.15) is 13.1 Å². The summed E-state index contributed by atoms with van der Waals surface area (Å²) in [5.41, 5.74) is 27.5. The quantitative estimate of drug-likeness (QED) is 0.140. The molecule has 9 aromatic carbocycles. The normalized spacial score (nSPS) is 12.4. The van der Waals surface area contributed by atoms with Gasteiger partial charge in [-0.3, -0.25) is 4.99 Å². The highest BCUT2D eigenvalue weighted by atomic mass is 32.1. The van der Waals surface area contributed by atoms with Crippen molar-refractivity contribution in [3.63, 3.8) is 0 Å². The summed E-state index contributed by atoms with van der Waals surface area (Å²) in [6, 6.07) is 59.0. The maximum Gasteiger partial charge on any atom is 0.192 e. The molecule has 8 aromatic heterocycles. The van der Waals surface area contributed by atoms with Crippen LogP contribution in [0.4, 0.5) is 0 Å². The van der Waals surface area contributed by atoms with Gasteiger partial charge in [-0.05, 0) is 221 Å². The van der Waals surface area contributed by atoms with E-state index in [1.54, 1.807) is 24.0 Å². The Labute approximate surface area is 700 Å². The second-order valence-corrected chi connectivity index (χ2v) is 39.8. The number of furan rings is 1. The van der Waals surface area contributed by atoms with Crippen LogP contribution in [0.3, 0.4) is 0 Å². The molecule has 9 heterocycles. The molecule has 1 aliphatic rings. The fourth-order valence-electron chi connectivity index (χ4n) is 12.5. The molecule has 0 amide bonds. The van der Waals surface area contributed by atoms with Gasteiger partial charge in [0.15, 0.2) is 40.5 Å². The van der Waals surface area contributed by atoms with Gasteiger partial charge >= 0.3 is 0 Å². The number of hydrogen-bond donors (Lipinski definition) is 0. The zero-order valence-corrected chi connectivity index (χ0v) is 75.8. The van der Waals surface area contributed by atoms with E-state index >= 15 is 0 Å². The minimum absolute atomic E-state index is 0.162. The molecule has 17 heteroatoms. The van der Waals surface area contributed by atoms with Crippen LogP contribution in [0, 0.1) is 20.8 Å². The fourth-order valence-corrected chi connectivity index (χ4v) is 13.6. The van der Waals surface area contributed by atoms with E-state index in [1.807, 2.05) is 82.1 Å². The largest absolute Gasteiger partial charge is 0.464 e. The summed E-state index contributed by atoms with van der Waals surface area (Å²) >= 11 is 2.83. The molecule has 117 heavy (non-hydrogen) atoms. The second kappa shape index (κ2) is 36.0. The van der Waals surface area contributed by atoms with Crippen molar-refractivity contribution in [3.8, 4) is 0 Å². The number of rotatable bonds is 0. The first kappa shape index (κ1) is 88.6. The van der Waals surface area contributed by atoms with Crippen molar-refractivity contribution in [2.75, 3.05) is 0 Å². The SMILES string of the molecule is CC(C)(C)c1ccc2cnoc2c1.CC(C)(C)c1ccc2ncoc2c1.CC(C)(C)c1ccc2nsnc2c1.CC(C)(C)c1ccc2occc2c1.CC(C)(C)c1ccc2sncc2c1.Cc1ccc2c(c1)C=NC2.Cc1nc2cc(C(C)(C)C)ccc2o1.Cc1nc2ccc(C(C)(C)C)cc2o1.Cn1cnc2ccc(C(C)(C)C)cc21. The molecular formula is C100H120N10O5S2. The molecule has 0 saturated heterocycles. The number of benzene rings is 9. The fraction of sp³-hybridized carbons (Fsp3) is 0.370. The third kappa shape index (κ3) is 24.2. The maximum absolute atomic E-state index is 5.49. The first-order chi connectivity index (χ1) is 54.6. The number of nitrogens with zero attached hydrogens (tertiary/aromatic N) is 10. The van der Waals surface area contributed by atoms with Crippen molar-refractivity contribution in [1.29, 1.82) is 0 Å². The standard InChI is InChI=1S/C12H16N2.2C12H15NO.C12H14O.2C11H13NO.C11H13NS.C10H12N2S.C9H9N/c1-12(2,3)9-5-6-10-11(7-9)14(4)8-13-10;1-8-13-10-7-9(12(2,3)4)5-6-11(10)14-8;1-8-13-10-6-5-9(12(2,3)4)7-11(10)14-8;1-12(2,3)10-4-5-11-9(8-10)6-7-13-11;1-11(2,3)9-5-4-8-7-12-13-10(8)6-9;1-11(2,3)8-4-5-9-10(6-8)13-7-12-9;1-11(2,3)9-4-5-10-8(6-9)7-12-13-10;1-10(2,3)7-4-5-8-9(6-7)12-13-11-8;1-7-2-3-8-5-10-6-9(8)4-7/h5-8H,1-4H3;2*5-7H,1-4H3;4-8H,1-3H3;3*4-7H,1-3H3;4-6H,1-3H3;2-4,6H,5H2,1H3. The molecule has 0 fully saturated rings. The Bertz CT molecular complexity index is 5590. The molecule has 17 aromatic rings. The smallest absolute Gasteiger partial charge is 0.192 e. The molecule has 0 radical (unpaired) electrons. The van der Waals surface area contributed by atoms with Gasteiger partial charge in [0.25, 0.3) is 0 Å². The molecular weight excluding hydrogens is 1490 g/mol. The van der Waals surface area contributed by atoms with Gasteiger partial charge in [0, 0.05) is 49.5 Å². The molecule has 0 unspecified atom stereocenters. The lowest BCUT2D eigenvalue weighted by Crippen LogP contribution is -2.10. The van der Waals surface area contributed by atoms with Crippen molar-refractivity contribution in [2.45, 2.75) is 237 Å². The van der Waals surface area contributed by atoms with E-state index in [9.17, 15) is 0 Å². The molecule has 15 nitrogen and oxygen atoms in total. The number of hydrogen-bond acceptors (Lipinski definition) is 16. The van der Waals surface area contributed by atoms with E-state index in [4.69, 9.17) is 22.2 Å². The summed E-state index contributed by atoms with van der Waals surface area (Å²) in [5.74, 6) is 1.46. The van der Waals surface area contributed by atoms with Gasteiger partial charge in [-0.25, -0.2) is 19.9 Å². The van der Waals surface area contributed by atoms with E-state index in [1.165, 1.54) is 100 Å². The number of aryl methyl sites for hydroxylation is 4. The van der Waals surface area contributed by atoms with Crippen LogP contribution in [0.5, 0.6) is 0 Å². The Hall–Kier alpha value is -10.8. The molecule has 0 spiro atoms. The van der Waals surface area contributed by atoms with Crippen LogP contribution in [0.25, 0.3) is 87.4 Å². The van der Waals surface area contributed by atoms with E-state index < -0.39 is 0 Å². The van der Waals surface area contributed by atoms with Crippen LogP contribution in [0.15, 0.2) is 228 Å². The van der Waals surface area contributed by atoms with Gasteiger partial charge in [-0.1, -0.05) is 244 Å². The third-order valence-corrected chi connectivity index (χ3v) is 21.5. The van der Waals surface area contributed by atoms with Crippen molar-refractivity contribution >= 4 is 117 Å². The summed E-state index contributed by atoms with van der Waals surface area (Å²) in [6.07, 6.45) is 10.7. The molecule has 612 valence electrons. The molecule has 0 N–H and O–H groups in total. The van der Waals surface area contributed by atoms with Gasteiger partial charge in [0.1, 0.15) is 33.2 Å². The van der Waals surface area contributed by atoms with Crippen molar-refractivity contribution < 1.29 is 22.2 Å². The van der Waals surface area contributed by atoms with Crippen LogP contribution in [0.2, 0.25) is 0 Å². The Morgan fingerprint density at radius 3 is 1.46 bits per heavy atom. The van der Waals surface area contributed by atoms with Crippen molar-refractivity contribution in [1.82, 2.24) is 42.8 Å². The van der Waals surface area contributed by atoms with Gasteiger partial charge < -0.3 is 26.8 Å². The summed E-state index contributed by atoms with van der Waals surface area (Å²) in [5, 5.41) is 7.26. The highest BCUT2D eigenvalue weighted by Gasteiger charge is 2.22. The van der Waals surface area contributed by atoms with Crippen LogP contribution in [-0.2, 0) is 56.9 Å². The van der Waals surface area contributed by atoms with E-state index in [0.717, 1.165) is 84.7 Å². The Kier molecular flexibility index (Phi) is 27.3. The molecule has 1 aliphatic heterocycles. The summed E-state index contributed by atoms with van der Waals surface area (Å²) in [7, 11) is 2.03. The third-order valence-electron chi connectivity index (χ3n) is 20.2. The number of aromatic nitrogens is 9. The van der Waals surface area contributed by atoms with Gasteiger partial charge in [-0.15, -0.1) is 0 Å². The van der Waals surface area contributed by atoms with Crippen molar-refractivity contribution in [3.05, 3.63) is 274 Å². The number of imidazole rings is 1. The summed E-state index contributed by atoms with van der Waals surface area (Å²) in [4.78, 5) is 21.1. The molecule has 18 rings (SSSR count). The minimum atomic E-state index is 0.162. The lowest BCUT2D eigenvalue weighted by atomic mass is 9.86. The Morgan fingerprint density at radius 1 is 0.368 bits per heavy atom. The number of fused-ring (bicyclic) bond motifs is 9. The topological polar surface area (TPSA) is 186 Å². The minimum Gasteiger partial charge on any atom is -0.464 e. The summed E-state index contributed by atoms with van der Waals surface area (Å²) in [6.45, 7) is 59.6. The Morgan fingerprint density at radius 2 is 0.846 bits per heavy atom. The predicted molar refractivity (Wildman–Crippen MR) is 492 cm³/mol.